The molecule has 106 valence electrons. The average Bonchev–Trinajstić information content (AvgIpc) is 2.40. The van der Waals surface area contributed by atoms with Gasteiger partial charge < -0.3 is 10.5 Å². The maximum atomic E-state index is 13.7. The van der Waals surface area contributed by atoms with Crippen LogP contribution < -0.4 is 10.5 Å². The fourth-order valence-corrected chi connectivity index (χ4v) is 2.15. The van der Waals surface area contributed by atoms with Gasteiger partial charge in [-0.05, 0) is 43.7 Å². The zero-order chi connectivity index (χ0) is 14.5. The van der Waals surface area contributed by atoms with Crippen molar-refractivity contribution < 1.29 is 9.13 Å². The van der Waals surface area contributed by atoms with Crippen molar-refractivity contribution in [2.24, 2.45) is 5.73 Å². The number of nitrogens with two attached hydrogens (primary N) is 1. The highest BCUT2D eigenvalue weighted by Gasteiger charge is 2.07. The van der Waals surface area contributed by atoms with E-state index in [2.05, 4.69) is 0 Å². The Kier molecular flexibility index (Phi) is 4.99. The number of ether oxygens (including phenoxy) is 1. The Labute approximate surface area is 123 Å². The van der Waals surface area contributed by atoms with E-state index in [0.29, 0.717) is 17.1 Å². The summed E-state index contributed by atoms with van der Waals surface area (Å²) in [4.78, 5) is 0. The standard InChI is InChI=1S/C16H17ClFNO/c1-11-2-5-16(12(8-11)6-7-19)20-10-13-3-4-14(17)9-15(13)18/h2-5,8-9H,6-7,10,19H2,1H3. The molecule has 0 saturated carbocycles. The Hall–Kier alpha value is -1.58. The molecular weight excluding hydrogens is 277 g/mol. The van der Waals surface area contributed by atoms with Gasteiger partial charge in [0.2, 0.25) is 0 Å². The van der Waals surface area contributed by atoms with Crippen LogP contribution >= 0.6 is 11.6 Å². The lowest BCUT2D eigenvalue weighted by Crippen LogP contribution is -2.06. The third-order valence-electron chi connectivity index (χ3n) is 3.03. The average molecular weight is 294 g/mol. The number of aryl methyl sites for hydroxylation is 1. The van der Waals surface area contributed by atoms with Crippen molar-refractivity contribution >= 4 is 11.6 Å². The van der Waals surface area contributed by atoms with Gasteiger partial charge in [0.25, 0.3) is 0 Å². The fourth-order valence-electron chi connectivity index (χ4n) is 1.99. The minimum absolute atomic E-state index is 0.170. The van der Waals surface area contributed by atoms with Crippen molar-refractivity contribution in [1.82, 2.24) is 0 Å². The summed E-state index contributed by atoms with van der Waals surface area (Å²) in [5.41, 5.74) is 8.27. The van der Waals surface area contributed by atoms with Gasteiger partial charge in [0.05, 0.1) is 0 Å². The molecule has 0 saturated heterocycles. The molecule has 0 fully saturated rings. The van der Waals surface area contributed by atoms with E-state index in [1.54, 1.807) is 12.1 Å². The van der Waals surface area contributed by atoms with Crippen LogP contribution in [0, 0.1) is 12.7 Å². The van der Waals surface area contributed by atoms with Crippen LogP contribution in [-0.2, 0) is 13.0 Å². The maximum Gasteiger partial charge on any atom is 0.131 e. The van der Waals surface area contributed by atoms with Crippen LogP contribution in [0.2, 0.25) is 5.02 Å². The molecular formula is C16H17ClFNO. The molecule has 0 unspecified atom stereocenters. The van der Waals surface area contributed by atoms with E-state index in [-0.39, 0.29) is 12.4 Å². The summed E-state index contributed by atoms with van der Waals surface area (Å²) in [6.07, 6.45) is 0.736. The Morgan fingerprint density at radius 2 is 1.95 bits per heavy atom. The molecule has 0 bridgehead atoms. The normalized spacial score (nSPS) is 10.6. The summed E-state index contributed by atoms with van der Waals surface area (Å²) in [6, 6.07) is 10.5. The molecule has 0 spiro atoms. The molecule has 0 aliphatic heterocycles. The first kappa shape index (κ1) is 14.8. The lowest BCUT2D eigenvalue weighted by atomic mass is 10.1. The van der Waals surface area contributed by atoms with Crippen LogP contribution in [0.1, 0.15) is 16.7 Å². The molecule has 2 nitrogen and oxygen atoms in total. The largest absolute Gasteiger partial charge is 0.489 e. The second-order valence-corrected chi connectivity index (χ2v) is 5.11. The summed E-state index contributed by atoms with van der Waals surface area (Å²) >= 11 is 5.72. The Morgan fingerprint density at radius 1 is 1.15 bits per heavy atom. The monoisotopic (exact) mass is 293 g/mol. The van der Waals surface area contributed by atoms with Crippen LogP contribution in [0.15, 0.2) is 36.4 Å². The van der Waals surface area contributed by atoms with Gasteiger partial charge in [-0.3, -0.25) is 0 Å². The lowest BCUT2D eigenvalue weighted by molar-refractivity contribution is 0.296. The molecule has 0 radical (unpaired) electrons. The van der Waals surface area contributed by atoms with Crippen molar-refractivity contribution in [3.05, 3.63) is 63.9 Å². The zero-order valence-corrected chi connectivity index (χ0v) is 12.1. The van der Waals surface area contributed by atoms with Gasteiger partial charge in [0.1, 0.15) is 18.2 Å². The highest BCUT2D eigenvalue weighted by Crippen LogP contribution is 2.23. The molecule has 2 aromatic rings. The first-order valence-corrected chi connectivity index (χ1v) is 6.84. The van der Waals surface area contributed by atoms with Gasteiger partial charge in [-0.1, -0.05) is 35.4 Å². The molecule has 0 aliphatic carbocycles. The molecule has 4 heteroatoms. The topological polar surface area (TPSA) is 35.2 Å². The predicted molar refractivity (Wildman–Crippen MR) is 79.7 cm³/mol. The zero-order valence-electron chi connectivity index (χ0n) is 11.3. The minimum Gasteiger partial charge on any atom is -0.489 e. The summed E-state index contributed by atoms with van der Waals surface area (Å²) in [5, 5.41) is 0.380. The highest BCUT2D eigenvalue weighted by molar-refractivity contribution is 6.30. The Bertz CT molecular complexity index is 601. The van der Waals surface area contributed by atoms with Gasteiger partial charge in [-0.15, -0.1) is 0 Å². The van der Waals surface area contributed by atoms with Crippen LogP contribution in [0.5, 0.6) is 5.75 Å². The van der Waals surface area contributed by atoms with Gasteiger partial charge in [-0.2, -0.15) is 0 Å². The second kappa shape index (κ2) is 6.73. The van der Waals surface area contributed by atoms with Crippen LogP contribution in [0.4, 0.5) is 4.39 Å². The van der Waals surface area contributed by atoms with E-state index in [0.717, 1.165) is 23.3 Å². The van der Waals surface area contributed by atoms with E-state index < -0.39 is 0 Å². The van der Waals surface area contributed by atoms with E-state index in [1.165, 1.54) is 6.07 Å². The lowest BCUT2D eigenvalue weighted by Gasteiger charge is -2.12. The minimum atomic E-state index is -0.356. The van der Waals surface area contributed by atoms with Gasteiger partial charge in [0, 0.05) is 10.6 Å². The van der Waals surface area contributed by atoms with E-state index in [1.807, 2.05) is 25.1 Å². The van der Waals surface area contributed by atoms with Crippen molar-refractivity contribution in [2.75, 3.05) is 6.54 Å². The van der Waals surface area contributed by atoms with Gasteiger partial charge in [0.15, 0.2) is 0 Å². The molecule has 20 heavy (non-hydrogen) atoms. The first-order chi connectivity index (χ1) is 9.60. The SMILES string of the molecule is Cc1ccc(OCc2ccc(Cl)cc2F)c(CCN)c1. The van der Waals surface area contributed by atoms with E-state index >= 15 is 0 Å². The first-order valence-electron chi connectivity index (χ1n) is 6.46. The molecule has 2 N–H and O–H groups in total. The number of hydrogen-bond donors (Lipinski definition) is 1. The van der Waals surface area contributed by atoms with Crippen molar-refractivity contribution in [3.63, 3.8) is 0 Å². The molecule has 0 aliphatic rings. The molecule has 0 atom stereocenters. The molecule has 2 rings (SSSR count). The van der Waals surface area contributed by atoms with Crippen LogP contribution in [-0.4, -0.2) is 6.54 Å². The third-order valence-corrected chi connectivity index (χ3v) is 3.26. The summed E-state index contributed by atoms with van der Waals surface area (Å²) in [6.45, 7) is 2.74. The Morgan fingerprint density at radius 3 is 2.65 bits per heavy atom. The molecule has 0 heterocycles. The smallest absolute Gasteiger partial charge is 0.131 e. The maximum absolute atomic E-state index is 13.7. The number of hydrogen-bond acceptors (Lipinski definition) is 2. The van der Waals surface area contributed by atoms with Crippen molar-refractivity contribution in [3.8, 4) is 5.75 Å². The number of halogens is 2. The van der Waals surface area contributed by atoms with E-state index in [4.69, 9.17) is 22.1 Å². The third kappa shape index (κ3) is 3.71. The number of benzene rings is 2. The quantitative estimate of drug-likeness (QED) is 0.908. The number of rotatable bonds is 5. The summed E-state index contributed by atoms with van der Waals surface area (Å²) in [5.74, 6) is 0.389. The van der Waals surface area contributed by atoms with Crippen LogP contribution in [0.25, 0.3) is 0 Å². The molecule has 2 aromatic carbocycles. The molecule has 0 amide bonds. The molecule has 0 aromatic heterocycles. The van der Waals surface area contributed by atoms with Crippen LogP contribution in [0.3, 0.4) is 0 Å². The Balaban J connectivity index is 2.14. The van der Waals surface area contributed by atoms with Crippen molar-refractivity contribution in [1.29, 1.82) is 0 Å². The van der Waals surface area contributed by atoms with E-state index in [9.17, 15) is 4.39 Å². The summed E-state index contributed by atoms with van der Waals surface area (Å²) < 4.78 is 19.4. The van der Waals surface area contributed by atoms with Gasteiger partial charge >= 0.3 is 0 Å². The fraction of sp³-hybridized carbons (Fsp3) is 0.250. The summed E-state index contributed by atoms with van der Waals surface area (Å²) in [7, 11) is 0. The second-order valence-electron chi connectivity index (χ2n) is 4.67. The van der Waals surface area contributed by atoms with Crippen molar-refractivity contribution in [2.45, 2.75) is 20.0 Å². The predicted octanol–water partition coefficient (Wildman–Crippen LogP) is 3.87. The van der Waals surface area contributed by atoms with Gasteiger partial charge in [-0.25, -0.2) is 4.39 Å². The highest BCUT2D eigenvalue weighted by atomic mass is 35.5.